The minimum absolute atomic E-state index is 0.160. The largest absolute Gasteiger partial charge is 0.469 e. The summed E-state index contributed by atoms with van der Waals surface area (Å²) in [5.41, 5.74) is 0. The van der Waals surface area contributed by atoms with E-state index in [0.717, 1.165) is 0 Å². The van der Waals surface area contributed by atoms with Gasteiger partial charge in [-0.25, -0.2) is 8.42 Å². The van der Waals surface area contributed by atoms with Gasteiger partial charge in [-0.1, -0.05) is 6.42 Å². The summed E-state index contributed by atoms with van der Waals surface area (Å²) < 4.78 is 30.8. The first kappa shape index (κ1) is 14.3. The molecule has 1 aliphatic carbocycles. The minimum Gasteiger partial charge on any atom is -0.469 e. The van der Waals surface area contributed by atoms with Crippen LogP contribution in [0.25, 0.3) is 0 Å². The maximum atomic E-state index is 12.5. The van der Waals surface area contributed by atoms with Crippen molar-refractivity contribution in [3.05, 3.63) is 0 Å². The Kier molecular flexibility index (Phi) is 4.10. The number of ether oxygens (including phenoxy) is 1. The zero-order valence-corrected chi connectivity index (χ0v) is 11.6. The van der Waals surface area contributed by atoms with Crippen molar-refractivity contribution in [2.45, 2.75) is 24.5 Å². The smallest absolute Gasteiger partial charge is 0.310 e. The maximum absolute atomic E-state index is 12.5. The highest BCUT2D eigenvalue weighted by Crippen LogP contribution is 2.33. The molecule has 0 bridgehead atoms. The van der Waals surface area contributed by atoms with Crippen LogP contribution < -0.4 is 5.32 Å². The van der Waals surface area contributed by atoms with E-state index < -0.39 is 27.2 Å². The summed E-state index contributed by atoms with van der Waals surface area (Å²) in [6.07, 6.45) is 1.65. The lowest BCUT2D eigenvalue weighted by molar-refractivity contribution is -0.145. The van der Waals surface area contributed by atoms with Crippen LogP contribution in [0.4, 0.5) is 0 Å². The van der Waals surface area contributed by atoms with Crippen LogP contribution in [0.2, 0.25) is 0 Å². The van der Waals surface area contributed by atoms with Gasteiger partial charge < -0.3 is 10.1 Å². The first-order valence-electron chi connectivity index (χ1n) is 6.30. The molecule has 1 heterocycles. The number of amides is 1. The van der Waals surface area contributed by atoms with Crippen molar-refractivity contribution in [1.29, 1.82) is 0 Å². The van der Waals surface area contributed by atoms with Gasteiger partial charge in [0.2, 0.25) is 15.9 Å². The summed E-state index contributed by atoms with van der Waals surface area (Å²) in [7, 11) is -2.36. The highest BCUT2D eigenvalue weighted by atomic mass is 32.2. The third kappa shape index (κ3) is 2.74. The van der Waals surface area contributed by atoms with E-state index in [2.05, 4.69) is 10.1 Å². The van der Waals surface area contributed by atoms with Gasteiger partial charge in [0.05, 0.1) is 24.8 Å². The number of sulfonamides is 1. The molecule has 2 fully saturated rings. The molecule has 0 aromatic rings. The third-order valence-electron chi connectivity index (χ3n) is 3.70. The van der Waals surface area contributed by atoms with E-state index in [1.165, 1.54) is 11.4 Å². The molecule has 1 N–H and O–H groups in total. The number of nitrogens with zero attached hydrogens (tertiary/aromatic N) is 1. The molecule has 0 radical (unpaired) electrons. The van der Waals surface area contributed by atoms with Crippen LogP contribution in [0.3, 0.4) is 0 Å². The molecular weight excluding hydrogens is 272 g/mol. The standard InChI is InChI=1S/C11H18N2O5S/c1-18-11(15)8-3-2-4-9(8)19(16,17)13-6-5-12-10(14)7-13/h8-9H,2-7H2,1H3,(H,12,14). The van der Waals surface area contributed by atoms with Gasteiger partial charge in [0.25, 0.3) is 0 Å². The van der Waals surface area contributed by atoms with Crippen LogP contribution in [-0.4, -0.2) is 56.6 Å². The van der Waals surface area contributed by atoms with E-state index in [-0.39, 0.29) is 19.0 Å². The monoisotopic (exact) mass is 290 g/mol. The lowest BCUT2D eigenvalue weighted by Gasteiger charge is -2.30. The average Bonchev–Trinajstić information content (AvgIpc) is 2.87. The Morgan fingerprint density at radius 3 is 2.79 bits per heavy atom. The minimum atomic E-state index is -3.63. The summed E-state index contributed by atoms with van der Waals surface area (Å²) >= 11 is 0. The number of carbonyl (C=O) groups is 2. The predicted molar refractivity (Wildman–Crippen MR) is 66.6 cm³/mol. The lowest BCUT2D eigenvalue weighted by atomic mass is 10.1. The van der Waals surface area contributed by atoms with Crippen LogP contribution >= 0.6 is 0 Å². The summed E-state index contributed by atoms with van der Waals surface area (Å²) in [4.78, 5) is 22.9. The molecule has 7 nitrogen and oxygen atoms in total. The molecule has 2 unspecified atom stereocenters. The Bertz CT molecular complexity index is 475. The Morgan fingerprint density at radius 2 is 2.16 bits per heavy atom. The predicted octanol–water partition coefficient (Wildman–Crippen LogP) is -0.910. The van der Waals surface area contributed by atoms with Crippen molar-refractivity contribution < 1.29 is 22.7 Å². The zero-order valence-electron chi connectivity index (χ0n) is 10.8. The van der Waals surface area contributed by atoms with Crippen molar-refractivity contribution in [2.75, 3.05) is 26.7 Å². The topological polar surface area (TPSA) is 92.8 Å². The Hall–Kier alpha value is -1.15. The average molecular weight is 290 g/mol. The van der Waals surface area contributed by atoms with Crippen molar-refractivity contribution in [2.24, 2.45) is 5.92 Å². The first-order valence-corrected chi connectivity index (χ1v) is 7.80. The molecule has 1 amide bonds. The molecule has 2 atom stereocenters. The summed E-state index contributed by atoms with van der Waals surface area (Å²) in [5.74, 6) is -1.39. The van der Waals surface area contributed by atoms with Gasteiger partial charge >= 0.3 is 5.97 Å². The van der Waals surface area contributed by atoms with Crippen molar-refractivity contribution in [1.82, 2.24) is 9.62 Å². The molecule has 1 saturated carbocycles. The highest BCUT2D eigenvalue weighted by molar-refractivity contribution is 7.89. The van der Waals surface area contributed by atoms with E-state index in [0.29, 0.717) is 25.8 Å². The molecule has 19 heavy (non-hydrogen) atoms. The van der Waals surface area contributed by atoms with Gasteiger partial charge in [0.1, 0.15) is 0 Å². The molecule has 1 saturated heterocycles. The fourth-order valence-electron chi connectivity index (χ4n) is 2.73. The second-order valence-corrected chi connectivity index (χ2v) is 6.98. The molecular formula is C11H18N2O5S. The van der Waals surface area contributed by atoms with Crippen LogP contribution in [0.15, 0.2) is 0 Å². The molecule has 2 rings (SSSR count). The van der Waals surface area contributed by atoms with Crippen LogP contribution in [-0.2, 0) is 24.3 Å². The van der Waals surface area contributed by atoms with Crippen LogP contribution in [0, 0.1) is 5.92 Å². The van der Waals surface area contributed by atoms with Crippen molar-refractivity contribution in [3.8, 4) is 0 Å². The van der Waals surface area contributed by atoms with E-state index in [1.54, 1.807) is 0 Å². The molecule has 0 spiro atoms. The van der Waals surface area contributed by atoms with Gasteiger partial charge in [-0.05, 0) is 12.8 Å². The van der Waals surface area contributed by atoms with E-state index in [4.69, 9.17) is 0 Å². The highest BCUT2D eigenvalue weighted by Gasteiger charge is 2.45. The molecule has 0 aromatic heterocycles. The zero-order chi connectivity index (χ0) is 14.0. The third-order valence-corrected chi connectivity index (χ3v) is 6.06. The number of hydrogen-bond donors (Lipinski definition) is 1. The number of nitrogens with one attached hydrogen (secondary N) is 1. The van der Waals surface area contributed by atoms with Gasteiger partial charge in [-0.15, -0.1) is 0 Å². The number of rotatable bonds is 3. The maximum Gasteiger partial charge on any atom is 0.310 e. The van der Waals surface area contributed by atoms with Gasteiger partial charge in [-0.3, -0.25) is 9.59 Å². The Labute approximate surface area is 112 Å². The quantitative estimate of drug-likeness (QED) is 0.679. The van der Waals surface area contributed by atoms with E-state index >= 15 is 0 Å². The van der Waals surface area contributed by atoms with E-state index in [9.17, 15) is 18.0 Å². The molecule has 2 aliphatic rings. The van der Waals surface area contributed by atoms with E-state index in [1.807, 2.05) is 0 Å². The number of hydrogen-bond acceptors (Lipinski definition) is 5. The molecule has 0 aromatic carbocycles. The Balaban J connectivity index is 2.18. The van der Waals surface area contributed by atoms with Gasteiger partial charge in [0.15, 0.2) is 0 Å². The number of piperazine rings is 1. The van der Waals surface area contributed by atoms with Crippen LogP contribution in [0.1, 0.15) is 19.3 Å². The van der Waals surface area contributed by atoms with Crippen molar-refractivity contribution in [3.63, 3.8) is 0 Å². The molecule has 1 aliphatic heterocycles. The fraction of sp³-hybridized carbons (Fsp3) is 0.818. The molecule has 108 valence electrons. The van der Waals surface area contributed by atoms with Crippen molar-refractivity contribution >= 4 is 21.9 Å². The SMILES string of the molecule is COC(=O)C1CCCC1S(=O)(=O)N1CCNC(=O)C1. The normalized spacial score (nSPS) is 29.0. The van der Waals surface area contributed by atoms with Gasteiger partial charge in [0, 0.05) is 13.1 Å². The second kappa shape index (κ2) is 5.46. The second-order valence-electron chi connectivity index (χ2n) is 4.83. The number of esters is 1. The van der Waals surface area contributed by atoms with Crippen LogP contribution in [0.5, 0.6) is 0 Å². The first-order chi connectivity index (χ1) is 8.96. The fourth-order valence-corrected chi connectivity index (χ4v) is 4.88. The Morgan fingerprint density at radius 1 is 1.42 bits per heavy atom. The lowest BCUT2D eigenvalue weighted by Crippen LogP contribution is -2.53. The number of methoxy groups -OCH3 is 1. The summed E-state index contributed by atoms with van der Waals surface area (Å²) in [6.45, 7) is 0.416. The number of carbonyl (C=O) groups excluding carboxylic acids is 2. The van der Waals surface area contributed by atoms with Gasteiger partial charge in [-0.2, -0.15) is 4.31 Å². The summed E-state index contributed by atoms with van der Waals surface area (Å²) in [6, 6.07) is 0. The summed E-state index contributed by atoms with van der Waals surface area (Å²) in [5, 5.41) is 1.82. The molecule has 8 heteroatoms.